The second-order valence-corrected chi connectivity index (χ2v) is 11.3. The molecule has 2 N–H and O–H groups in total. The Labute approximate surface area is 241 Å². The highest BCUT2D eigenvalue weighted by Crippen LogP contribution is 2.48. The van der Waals surface area contributed by atoms with E-state index in [0.717, 1.165) is 0 Å². The molecule has 10 nitrogen and oxygen atoms in total. The van der Waals surface area contributed by atoms with Gasteiger partial charge in [-0.1, -0.05) is 48.4 Å². The molecule has 1 aromatic carbocycles. The SMILES string of the molecule is CCC1(C2(NC(=O)c3cc4c(Cl)c(Cl)c(OCC5CN(C)C(=O)O5)cc4n3C)CCOC2)C=CC(C(=O)O)=CC1. The third-order valence-corrected chi connectivity index (χ3v) is 9.25. The standard InChI is InChI=1S/C28H31Cl2N3O7/c1-4-27(7-5-16(6-8-27)25(35)36)28(9-10-38-15-28)31-24(34)20-11-18-19(33(20)3)12-21(23(30)22(18)29)39-14-17-13-32(2)26(37)40-17/h5-7,11-12,17H,4,8-10,13-15H2,1-3H3,(H,31,34)(H,35,36). The second kappa shape index (κ2) is 10.6. The molecule has 3 atom stereocenters. The van der Waals surface area contributed by atoms with Gasteiger partial charge in [0.1, 0.15) is 23.1 Å². The molecule has 2 fully saturated rings. The van der Waals surface area contributed by atoms with Gasteiger partial charge >= 0.3 is 12.1 Å². The molecule has 40 heavy (non-hydrogen) atoms. The van der Waals surface area contributed by atoms with Crippen LogP contribution < -0.4 is 10.1 Å². The first kappa shape index (κ1) is 28.3. The summed E-state index contributed by atoms with van der Waals surface area (Å²) in [5, 5.41) is 13.7. The third-order valence-electron chi connectivity index (χ3n) is 8.38. The van der Waals surface area contributed by atoms with Crippen molar-refractivity contribution >= 4 is 52.1 Å². The number of rotatable bonds is 8. The minimum atomic E-state index is -0.979. The number of nitrogens with zero attached hydrogens (tertiary/aromatic N) is 2. The smallest absolute Gasteiger partial charge is 0.410 e. The van der Waals surface area contributed by atoms with Crippen LogP contribution in [0.25, 0.3) is 10.9 Å². The fourth-order valence-corrected chi connectivity index (χ4v) is 6.33. The Morgan fingerprint density at radius 1 is 1.25 bits per heavy atom. The molecular formula is C28H31Cl2N3O7. The summed E-state index contributed by atoms with van der Waals surface area (Å²) in [6, 6.07) is 3.41. The molecule has 214 valence electrons. The number of carbonyl (C=O) groups excluding carboxylic acids is 2. The van der Waals surface area contributed by atoms with Gasteiger partial charge in [0.05, 0.1) is 34.8 Å². The summed E-state index contributed by atoms with van der Waals surface area (Å²) in [4.78, 5) is 38.4. The average molecular weight is 592 g/mol. The van der Waals surface area contributed by atoms with Crippen molar-refractivity contribution < 1.29 is 33.7 Å². The van der Waals surface area contributed by atoms with Gasteiger partial charge in [0.15, 0.2) is 6.10 Å². The summed E-state index contributed by atoms with van der Waals surface area (Å²) in [6.07, 6.45) is 6.12. The zero-order valence-electron chi connectivity index (χ0n) is 22.5. The van der Waals surface area contributed by atoms with E-state index in [9.17, 15) is 19.5 Å². The van der Waals surface area contributed by atoms with Crippen LogP contribution in [0.2, 0.25) is 10.0 Å². The fraction of sp³-hybridized carbons (Fsp3) is 0.464. The van der Waals surface area contributed by atoms with Crippen LogP contribution >= 0.6 is 23.2 Å². The number of hydrogen-bond acceptors (Lipinski definition) is 6. The Kier molecular flexibility index (Phi) is 7.54. The summed E-state index contributed by atoms with van der Waals surface area (Å²) in [6.45, 7) is 3.31. The number of halogens is 2. The molecule has 3 aliphatic rings. The van der Waals surface area contributed by atoms with Crippen molar-refractivity contribution in [2.75, 3.05) is 33.4 Å². The van der Waals surface area contributed by atoms with E-state index < -0.39 is 29.1 Å². The lowest BCUT2D eigenvalue weighted by Crippen LogP contribution is -2.60. The molecule has 0 spiro atoms. The number of ether oxygens (including phenoxy) is 3. The highest BCUT2D eigenvalue weighted by Gasteiger charge is 2.52. The summed E-state index contributed by atoms with van der Waals surface area (Å²) in [5.41, 5.74) is 0.0102. The number of nitrogens with one attached hydrogen (secondary N) is 1. The first-order valence-electron chi connectivity index (χ1n) is 13.1. The van der Waals surface area contributed by atoms with Crippen LogP contribution in [0.15, 0.2) is 35.9 Å². The molecule has 1 aromatic heterocycles. The van der Waals surface area contributed by atoms with Gasteiger partial charge in [-0.25, -0.2) is 9.59 Å². The lowest BCUT2D eigenvalue weighted by Gasteiger charge is -2.47. The molecule has 2 aliphatic heterocycles. The molecule has 0 bridgehead atoms. The van der Waals surface area contributed by atoms with E-state index in [0.29, 0.717) is 61.4 Å². The summed E-state index contributed by atoms with van der Waals surface area (Å²) in [7, 11) is 3.41. The summed E-state index contributed by atoms with van der Waals surface area (Å²) in [5.74, 6) is -0.974. The highest BCUT2D eigenvalue weighted by molar-refractivity contribution is 6.46. The number of carboxylic acids is 1. The molecule has 3 unspecified atom stereocenters. The third kappa shape index (κ3) is 4.71. The van der Waals surface area contributed by atoms with Crippen molar-refractivity contribution in [1.82, 2.24) is 14.8 Å². The van der Waals surface area contributed by atoms with Crippen LogP contribution in [0.5, 0.6) is 5.75 Å². The Hall–Kier alpha value is -3.21. The predicted molar refractivity (Wildman–Crippen MR) is 149 cm³/mol. The van der Waals surface area contributed by atoms with Gasteiger partial charge in [-0.15, -0.1) is 0 Å². The second-order valence-electron chi connectivity index (χ2n) is 10.6. The van der Waals surface area contributed by atoms with E-state index in [1.807, 2.05) is 13.0 Å². The average Bonchev–Trinajstić information content (AvgIpc) is 3.63. The number of carbonyl (C=O) groups is 3. The predicted octanol–water partition coefficient (Wildman–Crippen LogP) is 4.57. The zero-order chi connectivity index (χ0) is 28.8. The molecular weight excluding hydrogens is 561 g/mol. The first-order valence-corrected chi connectivity index (χ1v) is 13.8. The molecule has 3 heterocycles. The summed E-state index contributed by atoms with van der Waals surface area (Å²) < 4.78 is 18.7. The van der Waals surface area contributed by atoms with Gasteiger partial charge in [-0.3, -0.25) is 4.79 Å². The van der Waals surface area contributed by atoms with E-state index in [1.165, 1.54) is 4.90 Å². The van der Waals surface area contributed by atoms with E-state index >= 15 is 0 Å². The molecule has 2 amide bonds. The van der Waals surface area contributed by atoms with Crippen LogP contribution in [0.1, 0.15) is 36.7 Å². The van der Waals surface area contributed by atoms with Crippen LogP contribution in [-0.2, 0) is 21.3 Å². The van der Waals surface area contributed by atoms with Crippen molar-refractivity contribution in [3.05, 3.63) is 51.7 Å². The van der Waals surface area contributed by atoms with E-state index in [1.54, 1.807) is 42.9 Å². The van der Waals surface area contributed by atoms with Crippen molar-refractivity contribution in [3.63, 3.8) is 0 Å². The quantitative estimate of drug-likeness (QED) is 0.461. The highest BCUT2D eigenvalue weighted by atomic mass is 35.5. The normalized spacial score (nSPS) is 26.2. The van der Waals surface area contributed by atoms with Crippen LogP contribution in [0.3, 0.4) is 0 Å². The molecule has 0 saturated carbocycles. The number of benzene rings is 1. The van der Waals surface area contributed by atoms with Gasteiger partial charge in [-0.2, -0.15) is 0 Å². The number of aryl methyl sites for hydroxylation is 1. The largest absolute Gasteiger partial charge is 0.488 e. The zero-order valence-corrected chi connectivity index (χ0v) is 24.0. The van der Waals surface area contributed by atoms with Crippen LogP contribution in [0.4, 0.5) is 4.79 Å². The molecule has 2 aromatic rings. The number of carboxylic acid groups (broad SMARTS) is 1. The number of hydrogen-bond donors (Lipinski definition) is 2. The van der Waals surface area contributed by atoms with Gasteiger partial charge in [0.25, 0.3) is 5.91 Å². The monoisotopic (exact) mass is 591 g/mol. The van der Waals surface area contributed by atoms with Crippen molar-refractivity contribution in [2.45, 2.75) is 37.8 Å². The molecule has 2 saturated heterocycles. The van der Waals surface area contributed by atoms with Crippen LogP contribution in [0, 0.1) is 5.41 Å². The molecule has 0 radical (unpaired) electrons. The number of amides is 2. The number of aliphatic carboxylic acids is 1. The van der Waals surface area contributed by atoms with Crippen molar-refractivity contribution in [1.29, 1.82) is 0 Å². The maximum Gasteiger partial charge on any atom is 0.410 e. The number of cyclic esters (lactones) is 1. The van der Waals surface area contributed by atoms with E-state index in [2.05, 4.69) is 5.32 Å². The number of allylic oxidation sites excluding steroid dienone is 1. The van der Waals surface area contributed by atoms with E-state index in [-0.39, 0.29) is 28.1 Å². The maximum absolute atomic E-state index is 13.8. The Morgan fingerprint density at radius 3 is 2.60 bits per heavy atom. The van der Waals surface area contributed by atoms with Gasteiger partial charge in [-0.05, 0) is 25.3 Å². The topological polar surface area (TPSA) is 119 Å². The molecule has 1 aliphatic carbocycles. The maximum atomic E-state index is 13.8. The van der Waals surface area contributed by atoms with Gasteiger partial charge in [0, 0.05) is 37.6 Å². The van der Waals surface area contributed by atoms with Crippen molar-refractivity contribution in [2.24, 2.45) is 12.5 Å². The molecule has 12 heteroatoms. The van der Waals surface area contributed by atoms with Gasteiger partial charge < -0.3 is 34.1 Å². The fourth-order valence-electron chi connectivity index (χ4n) is 5.88. The van der Waals surface area contributed by atoms with Gasteiger partial charge in [0.2, 0.25) is 0 Å². The lowest BCUT2D eigenvalue weighted by atomic mass is 9.63. The van der Waals surface area contributed by atoms with E-state index in [4.69, 9.17) is 37.4 Å². The Balaban J connectivity index is 1.42. The number of likely N-dealkylation sites (N-methyl/N-ethyl adjacent to an activating group) is 1. The molecule has 5 rings (SSSR count). The van der Waals surface area contributed by atoms with Crippen molar-refractivity contribution in [3.8, 4) is 5.75 Å². The van der Waals surface area contributed by atoms with Crippen LogP contribution in [-0.4, -0.2) is 77.6 Å². The number of fused-ring (bicyclic) bond motifs is 1. The minimum Gasteiger partial charge on any atom is -0.488 e. The first-order chi connectivity index (χ1) is 19.0. The summed E-state index contributed by atoms with van der Waals surface area (Å²) >= 11 is 13.2. The lowest BCUT2D eigenvalue weighted by molar-refractivity contribution is -0.132. The minimum absolute atomic E-state index is 0.0998. The number of aromatic nitrogens is 1. The Bertz CT molecular complexity index is 1440. The Morgan fingerprint density at radius 2 is 2.02 bits per heavy atom.